The minimum atomic E-state index is 1.22. The molecule has 0 bridgehead atoms. The van der Waals surface area contributed by atoms with Crippen molar-refractivity contribution in [3.05, 3.63) is 47.5 Å². The van der Waals surface area contributed by atoms with Crippen LogP contribution in [0.25, 0.3) is 23.1 Å². The van der Waals surface area contributed by atoms with Gasteiger partial charge in [0.2, 0.25) is 0 Å². The molecule has 2 aromatic rings. The van der Waals surface area contributed by atoms with Crippen LogP contribution in [-0.4, -0.2) is 4.98 Å². The fourth-order valence-corrected chi connectivity index (χ4v) is 1.89. The lowest BCUT2D eigenvalue weighted by molar-refractivity contribution is 1.35. The molecule has 0 saturated carbocycles. The predicted molar refractivity (Wildman–Crippen MR) is 85.2 cm³/mol. The van der Waals surface area contributed by atoms with Gasteiger partial charge in [0.25, 0.3) is 0 Å². The van der Waals surface area contributed by atoms with E-state index in [9.17, 15) is 0 Å². The first-order valence-corrected chi connectivity index (χ1v) is 6.47. The molecular weight excluding hydrogens is 218 g/mol. The van der Waals surface area contributed by atoms with Crippen molar-refractivity contribution in [2.75, 3.05) is 0 Å². The third kappa shape index (κ3) is 3.36. The van der Waals surface area contributed by atoms with Crippen molar-refractivity contribution in [1.29, 1.82) is 0 Å². The van der Waals surface area contributed by atoms with Crippen LogP contribution in [0.1, 0.15) is 33.3 Å². The Kier molecular flexibility index (Phi) is 7.53. The molecule has 1 heteroatoms. The molecule has 0 saturated heterocycles. The molecule has 0 radical (unpaired) electrons. The number of benzene rings is 1. The molecule has 0 fully saturated rings. The van der Waals surface area contributed by atoms with Gasteiger partial charge >= 0.3 is 0 Å². The van der Waals surface area contributed by atoms with E-state index in [1.807, 2.05) is 13.8 Å². The molecular formula is C17H25N. The van der Waals surface area contributed by atoms with Crippen LogP contribution in [0, 0.1) is 6.92 Å². The van der Waals surface area contributed by atoms with Gasteiger partial charge in [-0.1, -0.05) is 37.6 Å². The van der Waals surface area contributed by atoms with Gasteiger partial charge in [-0.15, -0.1) is 13.2 Å². The third-order valence-corrected chi connectivity index (χ3v) is 2.60. The summed E-state index contributed by atoms with van der Waals surface area (Å²) in [6, 6.07) is 6.51. The topological polar surface area (TPSA) is 15.8 Å². The molecule has 0 spiro atoms. The number of H-pyrrole nitrogens is 1. The van der Waals surface area contributed by atoms with E-state index in [1.54, 1.807) is 0 Å². The second-order valence-electron chi connectivity index (χ2n) is 3.58. The summed E-state index contributed by atoms with van der Waals surface area (Å²) in [7, 11) is 0. The normalized spacial score (nSPS) is 11.6. The Balaban J connectivity index is 0.000000659. The highest BCUT2D eigenvalue weighted by Crippen LogP contribution is 2.07. The number of aromatic nitrogens is 1. The van der Waals surface area contributed by atoms with Crippen molar-refractivity contribution in [2.24, 2.45) is 0 Å². The summed E-state index contributed by atoms with van der Waals surface area (Å²) in [4.78, 5) is 3.41. The highest BCUT2D eigenvalue weighted by Gasteiger charge is 1.98. The van der Waals surface area contributed by atoms with Gasteiger partial charge in [-0.25, -0.2) is 0 Å². The van der Waals surface area contributed by atoms with Crippen LogP contribution >= 0.6 is 0 Å². The molecule has 1 aromatic carbocycles. The van der Waals surface area contributed by atoms with Crippen LogP contribution in [0.2, 0.25) is 0 Å². The predicted octanol–water partition coefficient (Wildman–Crippen LogP) is 3.91. The first-order chi connectivity index (χ1) is 8.76. The van der Waals surface area contributed by atoms with Crippen molar-refractivity contribution in [3.8, 4) is 0 Å². The summed E-state index contributed by atoms with van der Waals surface area (Å²) in [6.45, 7) is 16.3. The number of hydrogen-bond donors (Lipinski definition) is 1. The number of aromatic amines is 1. The molecule has 0 aliphatic heterocycles. The van der Waals surface area contributed by atoms with Gasteiger partial charge in [0.05, 0.1) is 0 Å². The monoisotopic (exact) mass is 243 g/mol. The van der Waals surface area contributed by atoms with E-state index in [2.05, 4.69) is 69.3 Å². The van der Waals surface area contributed by atoms with E-state index in [-0.39, 0.29) is 0 Å². The SMILES string of the molecule is C/C=c1\c(=C/C)[nH]c2ccc(C)cc12.C=C.CC. The summed E-state index contributed by atoms with van der Waals surface area (Å²) >= 11 is 0. The zero-order chi connectivity index (χ0) is 14.1. The Labute approximate surface area is 111 Å². The number of rotatable bonds is 0. The summed E-state index contributed by atoms with van der Waals surface area (Å²) < 4.78 is 0. The lowest BCUT2D eigenvalue weighted by Gasteiger charge is -1.91. The van der Waals surface area contributed by atoms with Crippen LogP contribution < -0.4 is 10.6 Å². The van der Waals surface area contributed by atoms with Crippen molar-refractivity contribution in [1.82, 2.24) is 4.98 Å². The van der Waals surface area contributed by atoms with Crippen molar-refractivity contribution < 1.29 is 0 Å². The summed E-state index contributed by atoms with van der Waals surface area (Å²) in [5.74, 6) is 0. The van der Waals surface area contributed by atoms with Crippen LogP contribution in [0.5, 0.6) is 0 Å². The van der Waals surface area contributed by atoms with Gasteiger partial charge in [-0.2, -0.15) is 0 Å². The first kappa shape index (κ1) is 16.2. The minimum absolute atomic E-state index is 1.22. The van der Waals surface area contributed by atoms with E-state index in [0.717, 1.165) is 0 Å². The smallest absolute Gasteiger partial charge is 0.0464 e. The number of fused-ring (bicyclic) bond motifs is 1. The van der Waals surface area contributed by atoms with E-state index < -0.39 is 0 Å². The van der Waals surface area contributed by atoms with Gasteiger partial charge in [0, 0.05) is 21.5 Å². The molecule has 2 rings (SSSR count). The highest BCUT2D eigenvalue weighted by atomic mass is 14.7. The fourth-order valence-electron chi connectivity index (χ4n) is 1.89. The van der Waals surface area contributed by atoms with E-state index >= 15 is 0 Å². The lowest BCUT2D eigenvalue weighted by Crippen LogP contribution is -2.21. The highest BCUT2D eigenvalue weighted by molar-refractivity contribution is 5.81. The van der Waals surface area contributed by atoms with Gasteiger partial charge in [-0.3, -0.25) is 0 Å². The molecule has 0 atom stereocenters. The molecule has 98 valence electrons. The van der Waals surface area contributed by atoms with Gasteiger partial charge < -0.3 is 4.98 Å². The zero-order valence-corrected chi connectivity index (χ0v) is 12.3. The Morgan fingerprint density at radius 2 is 1.67 bits per heavy atom. The standard InChI is InChI=1S/C13H15N.C2H6.C2H4/c1-4-10-11-8-9(3)6-7-13(11)14-12(10)5-2;2*1-2/h4-8,14H,1-3H3;1-2H3;1-2H2/b10-4-,12-5+;;. The van der Waals surface area contributed by atoms with E-state index in [1.165, 1.54) is 27.0 Å². The first-order valence-electron chi connectivity index (χ1n) is 6.47. The van der Waals surface area contributed by atoms with Crippen LogP contribution in [-0.2, 0) is 0 Å². The molecule has 0 unspecified atom stereocenters. The summed E-state index contributed by atoms with van der Waals surface area (Å²) in [5.41, 5.74) is 2.53. The van der Waals surface area contributed by atoms with Crippen LogP contribution in [0.15, 0.2) is 31.4 Å². The maximum Gasteiger partial charge on any atom is 0.0464 e. The third-order valence-electron chi connectivity index (χ3n) is 2.60. The maximum absolute atomic E-state index is 3.41. The molecule has 1 N–H and O–H groups in total. The number of nitrogens with one attached hydrogen (secondary N) is 1. The molecule has 1 aromatic heterocycles. The molecule has 1 nitrogen and oxygen atoms in total. The largest absolute Gasteiger partial charge is 0.355 e. The quantitative estimate of drug-likeness (QED) is 0.675. The average Bonchev–Trinajstić information content (AvgIpc) is 2.80. The Bertz CT molecular complexity index is 588. The second-order valence-corrected chi connectivity index (χ2v) is 3.58. The average molecular weight is 243 g/mol. The Hall–Kier alpha value is -1.76. The molecule has 0 aliphatic carbocycles. The maximum atomic E-state index is 3.41. The second kappa shape index (κ2) is 8.35. The van der Waals surface area contributed by atoms with Crippen molar-refractivity contribution in [2.45, 2.75) is 34.6 Å². The number of aryl methyl sites for hydroxylation is 1. The molecule has 0 amide bonds. The van der Waals surface area contributed by atoms with Crippen molar-refractivity contribution in [3.63, 3.8) is 0 Å². The minimum Gasteiger partial charge on any atom is -0.355 e. The van der Waals surface area contributed by atoms with Crippen molar-refractivity contribution >= 4 is 23.1 Å². The molecule has 1 heterocycles. The van der Waals surface area contributed by atoms with E-state index in [0.29, 0.717) is 0 Å². The van der Waals surface area contributed by atoms with Crippen LogP contribution in [0.3, 0.4) is 0 Å². The Morgan fingerprint density at radius 3 is 2.17 bits per heavy atom. The molecule has 18 heavy (non-hydrogen) atoms. The van der Waals surface area contributed by atoms with Gasteiger partial charge in [0.15, 0.2) is 0 Å². The summed E-state index contributed by atoms with van der Waals surface area (Å²) in [5, 5.41) is 3.85. The summed E-state index contributed by atoms with van der Waals surface area (Å²) in [6.07, 6.45) is 4.28. The fraction of sp³-hybridized carbons (Fsp3) is 0.294. The Morgan fingerprint density at radius 1 is 1.06 bits per heavy atom. The van der Waals surface area contributed by atoms with Crippen LogP contribution in [0.4, 0.5) is 0 Å². The molecule has 0 aliphatic rings. The van der Waals surface area contributed by atoms with Gasteiger partial charge in [-0.05, 0) is 32.9 Å². The van der Waals surface area contributed by atoms with E-state index in [4.69, 9.17) is 0 Å². The zero-order valence-electron chi connectivity index (χ0n) is 12.3. The lowest BCUT2D eigenvalue weighted by atomic mass is 10.1. The van der Waals surface area contributed by atoms with Gasteiger partial charge in [0.1, 0.15) is 0 Å². The number of hydrogen-bond acceptors (Lipinski definition) is 0.